The third kappa shape index (κ3) is 3.20. The third-order valence-electron chi connectivity index (χ3n) is 2.64. The molecule has 1 amide bonds. The molecule has 2 aromatic heterocycles. The number of aromatic nitrogens is 1. The Kier molecular flexibility index (Phi) is 3.85. The minimum atomic E-state index is -0.388. The fourth-order valence-electron chi connectivity index (χ4n) is 1.71. The summed E-state index contributed by atoms with van der Waals surface area (Å²) < 4.78 is 18.8. The van der Waals surface area contributed by atoms with Gasteiger partial charge >= 0.3 is 0 Å². The molecule has 0 fully saturated rings. The van der Waals surface area contributed by atoms with E-state index in [1.54, 1.807) is 29.6 Å². The Bertz CT molecular complexity index is 800. The lowest BCUT2D eigenvalue weighted by Gasteiger charge is -1.98. The van der Waals surface area contributed by atoms with E-state index < -0.39 is 0 Å². The van der Waals surface area contributed by atoms with E-state index in [1.807, 2.05) is 0 Å². The van der Waals surface area contributed by atoms with Gasteiger partial charge in [0.25, 0.3) is 5.91 Å². The first-order chi connectivity index (χ1) is 10.1. The van der Waals surface area contributed by atoms with Gasteiger partial charge in [-0.2, -0.15) is 0 Å². The zero-order chi connectivity index (χ0) is 14.8. The van der Waals surface area contributed by atoms with Crippen LogP contribution in [0, 0.1) is 5.82 Å². The van der Waals surface area contributed by atoms with E-state index in [0.717, 1.165) is 0 Å². The average molecular weight is 367 g/mol. The topological polar surface area (TPSA) is 55.1 Å². The number of nitrogens with one attached hydrogen (secondary N) is 1. The summed E-state index contributed by atoms with van der Waals surface area (Å²) in [6, 6.07) is 9.32. The Morgan fingerprint density at radius 1 is 1.33 bits per heavy atom. The molecule has 1 N–H and O–H groups in total. The largest absolute Gasteiger partial charge is 0.444 e. The van der Waals surface area contributed by atoms with Crippen molar-refractivity contribution >= 4 is 38.3 Å². The third-order valence-corrected chi connectivity index (χ3v) is 3.83. The Hall–Kier alpha value is -1.99. The van der Waals surface area contributed by atoms with E-state index in [4.69, 9.17) is 4.42 Å². The van der Waals surface area contributed by atoms with E-state index in [1.165, 1.54) is 23.5 Å². The predicted molar refractivity (Wildman–Crippen MR) is 81.9 cm³/mol. The Morgan fingerprint density at radius 2 is 2.19 bits per heavy atom. The molecule has 0 radical (unpaired) electrons. The van der Waals surface area contributed by atoms with Crippen LogP contribution in [0.5, 0.6) is 0 Å². The van der Waals surface area contributed by atoms with Crippen LogP contribution in [0.4, 0.5) is 9.52 Å². The highest BCUT2D eigenvalue weighted by molar-refractivity contribution is 9.10. The number of carbonyl (C=O) groups is 1. The molecule has 3 aromatic rings. The maximum atomic E-state index is 13.2. The summed E-state index contributed by atoms with van der Waals surface area (Å²) >= 11 is 4.39. The molecule has 0 saturated heterocycles. The first-order valence-electron chi connectivity index (χ1n) is 5.90. The molecular formula is C14H8BrFN2O2S. The molecule has 21 heavy (non-hydrogen) atoms. The van der Waals surface area contributed by atoms with E-state index in [2.05, 4.69) is 26.2 Å². The SMILES string of the molecule is O=C(Nc1nc(-c2cccc(F)c2)cs1)c1ccc(Br)o1. The van der Waals surface area contributed by atoms with Crippen LogP contribution in [0.25, 0.3) is 11.3 Å². The van der Waals surface area contributed by atoms with Crippen LogP contribution in [0.2, 0.25) is 0 Å². The number of carbonyl (C=O) groups excluding carboxylic acids is 1. The zero-order valence-corrected chi connectivity index (χ0v) is 12.9. The molecular weight excluding hydrogens is 359 g/mol. The summed E-state index contributed by atoms with van der Waals surface area (Å²) in [5.74, 6) is -0.531. The summed E-state index contributed by atoms with van der Waals surface area (Å²) in [6.45, 7) is 0. The van der Waals surface area contributed by atoms with Gasteiger partial charge in [0.1, 0.15) is 5.82 Å². The lowest BCUT2D eigenvalue weighted by molar-refractivity contribution is 0.0995. The van der Waals surface area contributed by atoms with Crippen molar-refractivity contribution in [2.75, 3.05) is 5.32 Å². The Labute approximate surface area is 131 Å². The molecule has 0 aliphatic rings. The van der Waals surface area contributed by atoms with Gasteiger partial charge in [-0.15, -0.1) is 11.3 Å². The quantitative estimate of drug-likeness (QED) is 0.739. The second-order valence-electron chi connectivity index (χ2n) is 4.11. The van der Waals surface area contributed by atoms with Gasteiger partial charge in [-0.3, -0.25) is 10.1 Å². The monoisotopic (exact) mass is 366 g/mol. The molecule has 0 aliphatic carbocycles. The molecule has 2 heterocycles. The Balaban J connectivity index is 1.78. The molecule has 0 bridgehead atoms. The van der Waals surface area contributed by atoms with Crippen molar-refractivity contribution in [1.82, 2.24) is 4.98 Å². The van der Waals surface area contributed by atoms with E-state index >= 15 is 0 Å². The maximum Gasteiger partial charge on any atom is 0.293 e. The van der Waals surface area contributed by atoms with E-state index in [9.17, 15) is 9.18 Å². The fraction of sp³-hybridized carbons (Fsp3) is 0. The smallest absolute Gasteiger partial charge is 0.293 e. The summed E-state index contributed by atoms with van der Waals surface area (Å²) in [5, 5.41) is 4.81. The van der Waals surface area contributed by atoms with Crippen LogP contribution in [-0.4, -0.2) is 10.9 Å². The van der Waals surface area contributed by atoms with Crippen molar-refractivity contribution in [3.05, 3.63) is 58.0 Å². The highest BCUT2D eigenvalue weighted by Crippen LogP contribution is 2.26. The van der Waals surface area contributed by atoms with Crippen molar-refractivity contribution in [1.29, 1.82) is 0 Å². The molecule has 0 unspecified atom stereocenters. The van der Waals surface area contributed by atoms with Gasteiger partial charge in [-0.05, 0) is 40.2 Å². The average Bonchev–Trinajstić information content (AvgIpc) is 3.08. The van der Waals surface area contributed by atoms with Crippen LogP contribution in [0.3, 0.4) is 0 Å². The number of amides is 1. The van der Waals surface area contributed by atoms with Gasteiger partial charge in [0.05, 0.1) is 5.69 Å². The second kappa shape index (κ2) is 5.79. The van der Waals surface area contributed by atoms with Crippen LogP contribution < -0.4 is 5.32 Å². The van der Waals surface area contributed by atoms with Crippen molar-refractivity contribution < 1.29 is 13.6 Å². The molecule has 0 aliphatic heterocycles. The standard InChI is InChI=1S/C14H8BrFN2O2S/c15-12-5-4-11(20-12)13(19)18-14-17-10(7-21-14)8-2-1-3-9(16)6-8/h1-7H,(H,17,18,19). The minimum Gasteiger partial charge on any atom is -0.444 e. The number of furan rings is 1. The number of hydrogen-bond donors (Lipinski definition) is 1. The first kappa shape index (κ1) is 14.0. The summed E-state index contributed by atoms with van der Waals surface area (Å²) in [5.41, 5.74) is 1.27. The van der Waals surface area contributed by atoms with Crippen LogP contribution >= 0.6 is 27.3 Å². The van der Waals surface area contributed by atoms with Gasteiger partial charge in [-0.1, -0.05) is 12.1 Å². The molecule has 0 atom stereocenters. The molecule has 7 heteroatoms. The number of hydrogen-bond acceptors (Lipinski definition) is 4. The normalized spacial score (nSPS) is 10.6. The first-order valence-corrected chi connectivity index (χ1v) is 7.57. The van der Waals surface area contributed by atoms with Crippen molar-refractivity contribution in [2.45, 2.75) is 0 Å². The van der Waals surface area contributed by atoms with Gasteiger partial charge in [0, 0.05) is 10.9 Å². The lowest BCUT2D eigenvalue weighted by atomic mass is 10.2. The summed E-state index contributed by atoms with van der Waals surface area (Å²) in [7, 11) is 0. The number of anilines is 1. The van der Waals surface area contributed by atoms with Gasteiger partial charge in [0.2, 0.25) is 0 Å². The van der Waals surface area contributed by atoms with Gasteiger partial charge in [0.15, 0.2) is 15.6 Å². The number of nitrogens with zero attached hydrogens (tertiary/aromatic N) is 1. The lowest BCUT2D eigenvalue weighted by Crippen LogP contribution is -2.10. The number of benzene rings is 1. The number of rotatable bonds is 3. The fourth-order valence-corrected chi connectivity index (χ4v) is 2.73. The maximum absolute atomic E-state index is 13.2. The Morgan fingerprint density at radius 3 is 2.90 bits per heavy atom. The van der Waals surface area contributed by atoms with Crippen LogP contribution in [0.15, 0.2) is 50.9 Å². The highest BCUT2D eigenvalue weighted by atomic mass is 79.9. The summed E-state index contributed by atoms with van der Waals surface area (Å²) in [4.78, 5) is 16.2. The molecule has 106 valence electrons. The predicted octanol–water partition coefficient (Wildman–Crippen LogP) is 4.56. The highest BCUT2D eigenvalue weighted by Gasteiger charge is 2.13. The summed E-state index contributed by atoms with van der Waals surface area (Å²) in [6.07, 6.45) is 0. The minimum absolute atomic E-state index is 0.185. The molecule has 0 spiro atoms. The zero-order valence-electron chi connectivity index (χ0n) is 10.5. The van der Waals surface area contributed by atoms with Gasteiger partial charge < -0.3 is 4.42 Å². The number of thiazole rings is 1. The van der Waals surface area contributed by atoms with Crippen LogP contribution in [-0.2, 0) is 0 Å². The van der Waals surface area contributed by atoms with Crippen molar-refractivity contribution in [2.24, 2.45) is 0 Å². The second-order valence-corrected chi connectivity index (χ2v) is 5.75. The van der Waals surface area contributed by atoms with E-state index in [-0.39, 0.29) is 17.5 Å². The van der Waals surface area contributed by atoms with Gasteiger partial charge in [-0.25, -0.2) is 9.37 Å². The number of halogens is 2. The van der Waals surface area contributed by atoms with Crippen molar-refractivity contribution in [3.63, 3.8) is 0 Å². The molecule has 0 saturated carbocycles. The van der Waals surface area contributed by atoms with Crippen LogP contribution in [0.1, 0.15) is 10.6 Å². The van der Waals surface area contributed by atoms with Crippen molar-refractivity contribution in [3.8, 4) is 11.3 Å². The van der Waals surface area contributed by atoms with E-state index in [0.29, 0.717) is 21.1 Å². The molecule has 1 aromatic carbocycles. The molecule has 4 nitrogen and oxygen atoms in total. The molecule has 3 rings (SSSR count).